The summed E-state index contributed by atoms with van der Waals surface area (Å²) in [5.41, 5.74) is 2.39. The maximum atomic E-state index is 13.1. The Hall–Kier alpha value is -2.08. The number of ketones is 1. The van der Waals surface area contributed by atoms with Crippen LogP contribution in [0.4, 0.5) is 0 Å². The molecule has 144 valence electrons. The van der Waals surface area contributed by atoms with Gasteiger partial charge in [-0.05, 0) is 37.0 Å². The molecule has 1 aliphatic rings. The number of carbonyl (C=O) groups excluding carboxylic acids is 1. The molecule has 0 saturated heterocycles. The summed E-state index contributed by atoms with van der Waals surface area (Å²) in [5.74, 6) is 0.439. The van der Waals surface area contributed by atoms with Crippen LogP contribution < -0.4 is 0 Å². The average molecular weight is 387 g/mol. The lowest BCUT2D eigenvalue weighted by Crippen LogP contribution is -2.19. The number of rotatable bonds is 7. The topological polar surface area (TPSA) is 77.0 Å². The second kappa shape index (κ2) is 8.30. The molecule has 0 amide bonds. The van der Waals surface area contributed by atoms with E-state index in [2.05, 4.69) is 9.97 Å². The van der Waals surface area contributed by atoms with E-state index >= 15 is 0 Å². The van der Waals surface area contributed by atoms with Gasteiger partial charge in [-0.15, -0.1) is 0 Å². The highest BCUT2D eigenvalue weighted by molar-refractivity contribution is 7.90. The smallest absolute Gasteiger partial charge is 0.175 e. The molecule has 0 N–H and O–H groups in total. The summed E-state index contributed by atoms with van der Waals surface area (Å²) in [7, 11) is -3.24. The predicted molar refractivity (Wildman–Crippen MR) is 104 cm³/mol. The van der Waals surface area contributed by atoms with Crippen molar-refractivity contribution in [3.8, 4) is 0 Å². The van der Waals surface area contributed by atoms with E-state index in [4.69, 9.17) is 0 Å². The Labute approximate surface area is 161 Å². The molecule has 1 aromatic heterocycles. The van der Waals surface area contributed by atoms with Crippen molar-refractivity contribution in [2.24, 2.45) is 5.92 Å². The molecule has 6 heteroatoms. The number of hydrogen-bond donors (Lipinski definition) is 0. The Bertz CT molecular complexity index is 884. The van der Waals surface area contributed by atoms with Crippen LogP contribution in [0.5, 0.6) is 0 Å². The summed E-state index contributed by atoms with van der Waals surface area (Å²) >= 11 is 0. The molecule has 0 aliphatic heterocycles. The number of hydrogen-bond acceptors (Lipinski definition) is 5. The molecule has 1 aromatic carbocycles. The summed E-state index contributed by atoms with van der Waals surface area (Å²) < 4.78 is 23.4. The molecule has 1 aliphatic carbocycles. The summed E-state index contributed by atoms with van der Waals surface area (Å²) in [6, 6.07) is 6.78. The van der Waals surface area contributed by atoms with Crippen LogP contribution in [-0.4, -0.2) is 30.4 Å². The highest BCUT2D eigenvalue weighted by atomic mass is 32.2. The first-order chi connectivity index (χ1) is 12.8. The lowest BCUT2D eigenvalue weighted by Gasteiger charge is -2.20. The van der Waals surface area contributed by atoms with E-state index in [0.717, 1.165) is 30.5 Å². The second-order valence-corrected chi connectivity index (χ2v) is 9.59. The first-order valence-electron chi connectivity index (χ1n) is 9.43. The van der Waals surface area contributed by atoms with E-state index in [9.17, 15) is 13.2 Å². The van der Waals surface area contributed by atoms with Crippen molar-refractivity contribution in [3.63, 3.8) is 0 Å². The van der Waals surface area contributed by atoms with Crippen molar-refractivity contribution in [3.05, 3.63) is 53.6 Å². The van der Waals surface area contributed by atoms with E-state index in [0.29, 0.717) is 11.6 Å². The Balaban J connectivity index is 1.83. The van der Waals surface area contributed by atoms with E-state index in [-0.39, 0.29) is 23.0 Å². The fraction of sp³-hybridized carbons (Fsp3) is 0.476. The van der Waals surface area contributed by atoms with Crippen molar-refractivity contribution >= 4 is 15.6 Å². The second-order valence-electron chi connectivity index (χ2n) is 7.57. The fourth-order valence-electron chi connectivity index (χ4n) is 3.79. The average Bonchev–Trinajstić information content (AvgIpc) is 3.14. The molecule has 1 atom stereocenters. The number of nitrogens with zero attached hydrogens (tertiary/aromatic N) is 2. The molecule has 0 spiro atoms. The zero-order chi connectivity index (χ0) is 19.4. The number of aryl methyl sites for hydroxylation is 1. The predicted octanol–water partition coefficient (Wildman–Crippen LogP) is 3.66. The van der Waals surface area contributed by atoms with Crippen LogP contribution in [0.3, 0.4) is 0 Å². The number of sulfone groups is 1. The van der Waals surface area contributed by atoms with Crippen molar-refractivity contribution in [1.82, 2.24) is 9.97 Å². The zero-order valence-electron chi connectivity index (χ0n) is 15.9. The van der Waals surface area contributed by atoms with E-state index in [1.807, 2.05) is 6.92 Å². The molecule has 1 heterocycles. The molecular weight excluding hydrogens is 360 g/mol. The molecule has 27 heavy (non-hydrogen) atoms. The van der Waals surface area contributed by atoms with Crippen LogP contribution in [0.1, 0.15) is 55.0 Å². The van der Waals surface area contributed by atoms with Gasteiger partial charge in [0.25, 0.3) is 0 Å². The van der Waals surface area contributed by atoms with Gasteiger partial charge in [-0.25, -0.2) is 8.42 Å². The van der Waals surface area contributed by atoms with Crippen molar-refractivity contribution < 1.29 is 13.2 Å². The van der Waals surface area contributed by atoms with Crippen LogP contribution in [0.15, 0.2) is 41.6 Å². The summed E-state index contributed by atoms with van der Waals surface area (Å²) in [6.45, 7) is 1.87. The van der Waals surface area contributed by atoms with Gasteiger partial charge in [0.15, 0.2) is 9.84 Å². The maximum Gasteiger partial charge on any atom is 0.175 e. The zero-order valence-corrected chi connectivity index (χ0v) is 16.7. The molecule has 1 fully saturated rings. The summed E-state index contributed by atoms with van der Waals surface area (Å²) in [6.07, 6.45) is 10.4. The van der Waals surface area contributed by atoms with Crippen LogP contribution in [0.2, 0.25) is 0 Å². The first kappa shape index (κ1) is 19.7. The van der Waals surface area contributed by atoms with Crippen molar-refractivity contribution in [2.45, 2.75) is 56.3 Å². The fourth-order valence-corrected chi connectivity index (χ4v) is 4.42. The van der Waals surface area contributed by atoms with Gasteiger partial charge in [0.1, 0.15) is 5.78 Å². The van der Waals surface area contributed by atoms with Crippen molar-refractivity contribution in [2.75, 3.05) is 6.26 Å². The number of benzene rings is 1. The van der Waals surface area contributed by atoms with Crippen LogP contribution >= 0.6 is 0 Å². The summed E-state index contributed by atoms with van der Waals surface area (Å²) in [4.78, 5) is 21.9. The SMILES string of the molecule is Cc1cnc(CC(=O)[C@H](CC2CCCC2)c2ccc(S(C)(=O)=O)cc2)cn1. The van der Waals surface area contributed by atoms with E-state index in [1.54, 1.807) is 36.7 Å². The maximum absolute atomic E-state index is 13.1. The standard InChI is InChI=1S/C21H26N2O3S/c1-15-13-23-18(14-22-15)12-21(24)20(11-16-5-3-4-6-16)17-7-9-19(10-8-17)27(2,25)26/h7-10,13-14,16,20H,3-6,11-12H2,1-2H3/t20-/m1/s1. The Kier molecular flexibility index (Phi) is 6.05. The summed E-state index contributed by atoms with van der Waals surface area (Å²) in [5, 5.41) is 0. The third kappa shape index (κ3) is 5.22. The molecule has 1 saturated carbocycles. The van der Waals surface area contributed by atoms with E-state index < -0.39 is 9.84 Å². The lowest BCUT2D eigenvalue weighted by atomic mass is 9.83. The minimum atomic E-state index is -3.24. The lowest BCUT2D eigenvalue weighted by molar-refractivity contribution is -0.120. The molecule has 5 nitrogen and oxygen atoms in total. The van der Waals surface area contributed by atoms with E-state index in [1.165, 1.54) is 19.1 Å². The molecule has 0 radical (unpaired) electrons. The van der Waals surface area contributed by atoms with Gasteiger partial charge in [0.2, 0.25) is 0 Å². The monoisotopic (exact) mass is 386 g/mol. The molecular formula is C21H26N2O3S. The third-order valence-corrected chi connectivity index (χ3v) is 6.46. The Morgan fingerprint density at radius 1 is 1.11 bits per heavy atom. The largest absolute Gasteiger partial charge is 0.299 e. The molecule has 0 unspecified atom stereocenters. The minimum Gasteiger partial charge on any atom is -0.299 e. The number of aromatic nitrogens is 2. The molecule has 0 bridgehead atoms. The Morgan fingerprint density at radius 3 is 2.33 bits per heavy atom. The van der Waals surface area contributed by atoms with Gasteiger partial charge in [0, 0.05) is 24.6 Å². The highest BCUT2D eigenvalue weighted by Crippen LogP contribution is 2.35. The minimum absolute atomic E-state index is 0.118. The van der Waals surface area contributed by atoms with Crippen LogP contribution in [-0.2, 0) is 21.1 Å². The third-order valence-electron chi connectivity index (χ3n) is 5.33. The normalized spacial score (nSPS) is 16.4. The quantitative estimate of drug-likeness (QED) is 0.726. The van der Waals surface area contributed by atoms with Gasteiger partial charge < -0.3 is 0 Å². The molecule has 2 aromatic rings. The van der Waals surface area contributed by atoms with Crippen molar-refractivity contribution in [1.29, 1.82) is 0 Å². The molecule has 3 rings (SSSR count). The van der Waals surface area contributed by atoms with Gasteiger partial charge in [-0.1, -0.05) is 37.8 Å². The van der Waals surface area contributed by atoms with Crippen LogP contribution in [0, 0.1) is 12.8 Å². The Morgan fingerprint density at radius 2 is 1.78 bits per heavy atom. The first-order valence-corrected chi connectivity index (χ1v) is 11.3. The van der Waals surface area contributed by atoms with Gasteiger partial charge >= 0.3 is 0 Å². The highest BCUT2D eigenvalue weighted by Gasteiger charge is 2.27. The number of carbonyl (C=O) groups is 1. The van der Waals surface area contributed by atoms with Crippen LogP contribution in [0.25, 0.3) is 0 Å². The number of Topliss-reactive ketones (excluding diaryl/α,β-unsaturated/α-hetero) is 1. The van der Waals surface area contributed by atoms with Gasteiger partial charge in [-0.2, -0.15) is 0 Å². The van der Waals surface area contributed by atoms with Gasteiger partial charge in [0.05, 0.1) is 22.7 Å². The van der Waals surface area contributed by atoms with Gasteiger partial charge in [-0.3, -0.25) is 14.8 Å².